The molecule has 1 aromatic heterocycles. The maximum atomic E-state index is 12.5. The van der Waals surface area contributed by atoms with Crippen molar-refractivity contribution in [1.82, 2.24) is 9.97 Å². The number of aromatic carboxylic acids is 1. The monoisotopic (exact) mass is 451 g/mol. The lowest BCUT2D eigenvalue weighted by Crippen LogP contribution is -2.33. The summed E-state index contributed by atoms with van der Waals surface area (Å²) in [6.07, 6.45) is 0.743. The largest absolute Gasteiger partial charge is 0.586 e. The van der Waals surface area contributed by atoms with Crippen molar-refractivity contribution < 1.29 is 28.2 Å². The number of carbonyl (C=O) groups is 1. The molecule has 4 rings (SSSR count). The van der Waals surface area contributed by atoms with Gasteiger partial charge in [0.2, 0.25) is 0 Å². The Hall–Kier alpha value is -3.21. The first kappa shape index (κ1) is 23.5. The van der Waals surface area contributed by atoms with Gasteiger partial charge in [0.05, 0.1) is 5.56 Å². The lowest BCUT2D eigenvalue weighted by molar-refractivity contribution is -0.286. The standard InChI is InChI=1S/C13H23N5.C8H4F2O4/c1-9-15-12(8-13(16-9)18(2)3)17-11-6-4-10(14)5-7-11;9-8(10)13-5-2-1-4(7(11)12)3-6(5)14-8/h8,10-11H,4-7,14H2,1-3H3,(H,15,16,17);1-3H,(H,11,12). The Morgan fingerprint density at radius 3 is 2.44 bits per heavy atom. The van der Waals surface area contributed by atoms with E-state index in [9.17, 15) is 13.6 Å². The Morgan fingerprint density at radius 2 is 1.81 bits per heavy atom. The van der Waals surface area contributed by atoms with E-state index >= 15 is 0 Å². The summed E-state index contributed by atoms with van der Waals surface area (Å²) in [5.41, 5.74) is 5.78. The van der Waals surface area contributed by atoms with E-state index in [1.54, 1.807) is 0 Å². The summed E-state index contributed by atoms with van der Waals surface area (Å²) >= 11 is 0. The normalized spacial score (nSPS) is 20.7. The van der Waals surface area contributed by atoms with Crippen molar-refractivity contribution >= 4 is 17.6 Å². The van der Waals surface area contributed by atoms with Crippen LogP contribution in [0, 0.1) is 6.92 Å². The SMILES string of the molecule is Cc1nc(NC2CCC(N)CC2)cc(N(C)C)n1.O=C(O)c1ccc2c(c1)OC(F)(F)O2. The van der Waals surface area contributed by atoms with Gasteiger partial charge in [-0.2, -0.15) is 0 Å². The number of halogens is 2. The van der Waals surface area contributed by atoms with E-state index in [1.165, 1.54) is 0 Å². The molecular weight excluding hydrogens is 424 g/mol. The minimum absolute atomic E-state index is 0.134. The van der Waals surface area contributed by atoms with Gasteiger partial charge in [0.25, 0.3) is 0 Å². The highest BCUT2D eigenvalue weighted by molar-refractivity contribution is 5.88. The number of hydrogen-bond donors (Lipinski definition) is 3. The minimum atomic E-state index is -3.71. The lowest BCUT2D eigenvalue weighted by Gasteiger charge is -2.27. The lowest BCUT2D eigenvalue weighted by atomic mass is 9.92. The van der Waals surface area contributed by atoms with Crippen LogP contribution < -0.4 is 25.4 Å². The third-order valence-electron chi connectivity index (χ3n) is 5.05. The van der Waals surface area contributed by atoms with E-state index < -0.39 is 12.3 Å². The number of fused-ring (bicyclic) bond motifs is 1. The maximum absolute atomic E-state index is 12.5. The summed E-state index contributed by atoms with van der Waals surface area (Å²) in [6.45, 7) is 1.93. The van der Waals surface area contributed by atoms with Crippen LogP contribution in [0.5, 0.6) is 11.5 Å². The number of benzene rings is 1. The van der Waals surface area contributed by atoms with E-state index in [2.05, 4.69) is 24.8 Å². The fraction of sp³-hybridized carbons (Fsp3) is 0.476. The zero-order chi connectivity index (χ0) is 23.5. The van der Waals surface area contributed by atoms with Crippen molar-refractivity contribution in [2.24, 2.45) is 5.73 Å². The van der Waals surface area contributed by atoms with Crippen LogP contribution in [0.3, 0.4) is 0 Å². The molecule has 2 heterocycles. The second-order valence-corrected chi connectivity index (χ2v) is 7.94. The Labute approximate surface area is 184 Å². The number of alkyl halides is 2. The molecule has 174 valence electrons. The van der Waals surface area contributed by atoms with Gasteiger partial charge in [-0.05, 0) is 50.8 Å². The van der Waals surface area contributed by atoms with Crippen LogP contribution in [0.25, 0.3) is 0 Å². The number of aromatic nitrogens is 2. The molecule has 0 radical (unpaired) electrons. The molecular formula is C21H27F2N5O4. The second kappa shape index (κ2) is 9.51. The van der Waals surface area contributed by atoms with E-state index in [0.717, 1.165) is 61.3 Å². The van der Waals surface area contributed by atoms with E-state index in [1.807, 2.05) is 32.0 Å². The summed E-state index contributed by atoms with van der Waals surface area (Å²) in [5, 5.41) is 12.1. The molecule has 1 aliphatic heterocycles. The summed E-state index contributed by atoms with van der Waals surface area (Å²) in [4.78, 5) is 21.3. The minimum Gasteiger partial charge on any atom is -0.478 e. The first-order valence-electron chi connectivity index (χ1n) is 10.2. The zero-order valence-electron chi connectivity index (χ0n) is 18.1. The third kappa shape index (κ3) is 6.16. The highest BCUT2D eigenvalue weighted by atomic mass is 19.3. The first-order valence-corrected chi connectivity index (χ1v) is 10.2. The average Bonchev–Trinajstić information content (AvgIpc) is 3.02. The number of nitrogens with one attached hydrogen (secondary N) is 1. The Bertz CT molecular complexity index is 965. The van der Waals surface area contributed by atoms with Crippen molar-refractivity contribution in [2.75, 3.05) is 24.3 Å². The Kier molecular flexibility index (Phi) is 6.97. The summed E-state index contributed by atoms with van der Waals surface area (Å²) in [5.74, 6) is 1.02. The number of nitrogens with zero attached hydrogens (tertiary/aromatic N) is 3. The summed E-state index contributed by atoms with van der Waals surface area (Å²) in [6, 6.07) is 6.15. The molecule has 0 spiro atoms. The van der Waals surface area contributed by atoms with Crippen LogP contribution in [0.15, 0.2) is 24.3 Å². The summed E-state index contributed by atoms with van der Waals surface area (Å²) < 4.78 is 33.1. The number of carboxylic acid groups (broad SMARTS) is 1. The van der Waals surface area contributed by atoms with Crippen molar-refractivity contribution in [3.05, 3.63) is 35.7 Å². The average molecular weight is 451 g/mol. The van der Waals surface area contributed by atoms with E-state index in [0.29, 0.717) is 12.1 Å². The molecule has 4 N–H and O–H groups in total. The van der Waals surface area contributed by atoms with Gasteiger partial charge in [-0.25, -0.2) is 14.8 Å². The Balaban J connectivity index is 0.000000186. The van der Waals surface area contributed by atoms with Crippen molar-refractivity contribution in [2.45, 2.75) is 51.0 Å². The van der Waals surface area contributed by atoms with Gasteiger partial charge in [0, 0.05) is 32.2 Å². The number of carboxylic acids is 1. The van der Waals surface area contributed by atoms with Gasteiger partial charge in [-0.15, -0.1) is 8.78 Å². The molecule has 0 unspecified atom stereocenters. The molecule has 9 nitrogen and oxygen atoms in total. The van der Waals surface area contributed by atoms with Crippen LogP contribution >= 0.6 is 0 Å². The highest BCUT2D eigenvalue weighted by Gasteiger charge is 2.43. The first-order chi connectivity index (χ1) is 15.0. The molecule has 0 saturated heterocycles. The van der Waals surface area contributed by atoms with Crippen molar-refractivity contribution in [3.8, 4) is 11.5 Å². The summed E-state index contributed by atoms with van der Waals surface area (Å²) in [7, 11) is 3.98. The van der Waals surface area contributed by atoms with Crippen LogP contribution in [0.1, 0.15) is 41.9 Å². The van der Waals surface area contributed by atoms with E-state index in [4.69, 9.17) is 10.8 Å². The van der Waals surface area contributed by atoms with Crippen molar-refractivity contribution in [3.63, 3.8) is 0 Å². The molecule has 1 fully saturated rings. The van der Waals surface area contributed by atoms with Crippen molar-refractivity contribution in [1.29, 1.82) is 0 Å². The topological polar surface area (TPSA) is 123 Å². The van der Waals surface area contributed by atoms with Crippen LogP contribution in [0.2, 0.25) is 0 Å². The fourth-order valence-corrected chi connectivity index (χ4v) is 3.41. The molecule has 1 aromatic carbocycles. The van der Waals surface area contributed by atoms with Gasteiger partial charge in [-0.1, -0.05) is 0 Å². The van der Waals surface area contributed by atoms with Crippen LogP contribution in [-0.2, 0) is 0 Å². The van der Waals surface area contributed by atoms with Gasteiger partial charge in [-0.3, -0.25) is 0 Å². The molecule has 1 aliphatic carbocycles. The number of ether oxygens (including phenoxy) is 2. The molecule has 1 saturated carbocycles. The smallest absolute Gasteiger partial charge is 0.478 e. The maximum Gasteiger partial charge on any atom is 0.586 e. The predicted octanol–water partition coefficient (Wildman–Crippen LogP) is 3.24. The second-order valence-electron chi connectivity index (χ2n) is 7.94. The number of rotatable bonds is 4. The highest BCUT2D eigenvalue weighted by Crippen LogP contribution is 2.41. The fourth-order valence-electron chi connectivity index (χ4n) is 3.41. The van der Waals surface area contributed by atoms with Crippen LogP contribution in [0.4, 0.5) is 20.4 Å². The van der Waals surface area contributed by atoms with Gasteiger partial charge < -0.3 is 30.5 Å². The molecule has 0 atom stereocenters. The van der Waals surface area contributed by atoms with Crippen LogP contribution in [-0.4, -0.2) is 53.5 Å². The molecule has 11 heteroatoms. The quantitative estimate of drug-likeness (QED) is 0.643. The zero-order valence-corrected chi connectivity index (χ0v) is 18.1. The van der Waals surface area contributed by atoms with Gasteiger partial charge in [0.15, 0.2) is 11.5 Å². The molecule has 2 aliphatic rings. The molecule has 32 heavy (non-hydrogen) atoms. The number of hydrogen-bond acceptors (Lipinski definition) is 8. The number of nitrogens with two attached hydrogens (primary N) is 1. The van der Waals surface area contributed by atoms with Gasteiger partial charge >= 0.3 is 12.3 Å². The number of anilines is 2. The predicted molar refractivity (Wildman–Crippen MR) is 115 cm³/mol. The third-order valence-corrected chi connectivity index (χ3v) is 5.05. The van der Waals surface area contributed by atoms with E-state index in [-0.39, 0.29) is 17.1 Å². The van der Waals surface area contributed by atoms with Gasteiger partial charge in [0.1, 0.15) is 17.5 Å². The number of aryl methyl sites for hydroxylation is 1. The molecule has 0 bridgehead atoms. The molecule has 0 amide bonds. The molecule has 2 aromatic rings. The Morgan fingerprint density at radius 1 is 1.16 bits per heavy atom.